The lowest BCUT2D eigenvalue weighted by Crippen LogP contribution is -2.48. The topological polar surface area (TPSA) is 80.3 Å². The van der Waals surface area contributed by atoms with Crippen LogP contribution in [0.2, 0.25) is 0 Å². The number of carbonyl (C=O) groups excluding carboxylic acids is 1. The van der Waals surface area contributed by atoms with E-state index in [1.54, 1.807) is 19.2 Å². The highest BCUT2D eigenvalue weighted by Crippen LogP contribution is 2.34. The lowest BCUT2D eigenvalue weighted by molar-refractivity contribution is 0.0192. The van der Waals surface area contributed by atoms with Crippen molar-refractivity contribution in [2.24, 2.45) is 5.92 Å². The van der Waals surface area contributed by atoms with Crippen LogP contribution in [0.1, 0.15) is 35.2 Å². The van der Waals surface area contributed by atoms with Crippen molar-refractivity contribution in [1.82, 2.24) is 10.2 Å². The number of methoxy groups -OCH3 is 1. The van der Waals surface area contributed by atoms with E-state index >= 15 is 0 Å². The SMILES string of the molecule is C#Cc1cc2c(c(C(=O)NC[C@H]3CCN(CCCOC)C[C@H]3O)c1)OCCCO2. The van der Waals surface area contributed by atoms with Crippen LogP contribution in [0.4, 0.5) is 0 Å². The fraction of sp³-hybridized carbons (Fsp3) is 0.591. The summed E-state index contributed by atoms with van der Waals surface area (Å²) in [6.45, 7) is 4.57. The van der Waals surface area contributed by atoms with Gasteiger partial charge in [0.2, 0.25) is 0 Å². The molecular formula is C22H30N2O5. The van der Waals surface area contributed by atoms with E-state index in [1.165, 1.54) is 0 Å². The molecule has 2 aliphatic heterocycles. The molecule has 7 heteroatoms. The van der Waals surface area contributed by atoms with Gasteiger partial charge < -0.3 is 29.5 Å². The number of terminal acetylenes is 1. The standard InChI is InChI=1S/C22H30N2O5/c1-3-16-12-18(21-20(13-16)28-10-5-11-29-21)22(26)23-14-17-6-8-24(15-19(17)25)7-4-9-27-2/h1,12-13,17,19,25H,4-11,14-15H2,2H3,(H,23,26)/t17-,19-/m1/s1. The molecule has 0 aromatic heterocycles. The second kappa shape index (κ2) is 10.5. The first-order valence-electron chi connectivity index (χ1n) is 10.2. The highest BCUT2D eigenvalue weighted by molar-refractivity contribution is 5.98. The number of hydrogen-bond donors (Lipinski definition) is 2. The fourth-order valence-electron chi connectivity index (χ4n) is 3.76. The monoisotopic (exact) mass is 402 g/mol. The number of amides is 1. The van der Waals surface area contributed by atoms with Gasteiger partial charge in [-0.05, 0) is 31.5 Å². The zero-order valence-corrected chi connectivity index (χ0v) is 17.0. The second-order valence-corrected chi connectivity index (χ2v) is 7.52. The third-order valence-corrected chi connectivity index (χ3v) is 5.41. The Morgan fingerprint density at radius 2 is 2.24 bits per heavy atom. The predicted octanol–water partition coefficient (Wildman–Crippen LogP) is 1.28. The smallest absolute Gasteiger partial charge is 0.255 e. The number of piperidine rings is 1. The van der Waals surface area contributed by atoms with Crippen LogP contribution in [0.15, 0.2) is 12.1 Å². The Morgan fingerprint density at radius 3 is 3.00 bits per heavy atom. The number of likely N-dealkylation sites (tertiary alicyclic amines) is 1. The molecule has 3 rings (SSSR count). The van der Waals surface area contributed by atoms with Crippen molar-refractivity contribution >= 4 is 5.91 Å². The van der Waals surface area contributed by atoms with Gasteiger partial charge in [0.1, 0.15) is 0 Å². The molecule has 2 atom stereocenters. The first-order chi connectivity index (χ1) is 14.1. The van der Waals surface area contributed by atoms with Gasteiger partial charge >= 0.3 is 0 Å². The minimum absolute atomic E-state index is 0.0178. The van der Waals surface area contributed by atoms with Crippen molar-refractivity contribution < 1.29 is 24.1 Å². The number of hydrogen-bond acceptors (Lipinski definition) is 6. The molecule has 1 aromatic carbocycles. The van der Waals surface area contributed by atoms with E-state index in [9.17, 15) is 9.90 Å². The van der Waals surface area contributed by atoms with Crippen LogP contribution >= 0.6 is 0 Å². The highest BCUT2D eigenvalue weighted by atomic mass is 16.5. The van der Waals surface area contributed by atoms with Gasteiger partial charge in [-0.25, -0.2) is 0 Å². The molecule has 0 radical (unpaired) electrons. The summed E-state index contributed by atoms with van der Waals surface area (Å²) in [5.74, 6) is 3.26. The number of nitrogens with one attached hydrogen (secondary N) is 1. The largest absolute Gasteiger partial charge is 0.489 e. The first-order valence-corrected chi connectivity index (χ1v) is 10.2. The van der Waals surface area contributed by atoms with Crippen LogP contribution in [-0.4, -0.2) is 75.1 Å². The minimum atomic E-state index is -0.472. The second-order valence-electron chi connectivity index (χ2n) is 7.52. The maximum absolute atomic E-state index is 12.9. The molecule has 0 unspecified atom stereocenters. The van der Waals surface area contributed by atoms with Crippen LogP contribution in [0, 0.1) is 18.3 Å². The number of benzene rings is 1. The Labute approximate surface area is 172 Å². The third-order valence-electron chi connectivity index (χ3n) is 5.41. The summed E-state index contributed by atoms with van der Waals surface area (Å²) in [6.07, 6.45) is 7.59. The first kappa shape index (κ1) is 21.4. The maximum atomic E-state index is 12.9. The molecule has 158 valence electrons. The molecule has 1 aromatic rings. The Hall–Kier alpha value is -2.27. The summed E-state index contributed by atoms with van der Waals surface area (Å²) >= 11 is 0. The van der Waals surface area contributed by atoms with Crippen LogP contribution in [0.3, 0.4) is 0 Å². The normalized spacial score (nSPS) is 21.8. The van der Waals surface area contributed by atoms with Gasteiger partial charge in [0.25, 0.3) is 5.91 Å². The van der Waals surface area contributed by atoms with E-state index in [0.29, 0.717) is 48.9 Å². The van der Waals surface area contributed by atoms with E-state index in [1.807, 2.05) is 0 Å². The van der Waals surface area contributed by atoms with E-state index in [0.717, 1.165) is 39.0 Å². The van der Waals surface area contributed by atoms with Crippen molar-refractivity contribution in [3.05, 3.63) is 23.3 Å². The van der Waals surface area contributed by atoms with E-state index in [-0.39, 0.29) is 11.8 Å². The van der Waals surface area contributed by atoms with Crippen LogP contribution in [0.5, 0.6) is 11.5 Å². The van der Waals surface area contributed by atoms with Crippen molar-refractivity contribution in [3.8, 4) is 23.8 Å². The number of rotatable bonds is 7. The van der Waals surface area contributed by atoms with Gasteiger partial charge in [0.15, 0.2) is 11.5 Å². The molecular weight excluding hydrogens is 372 g/mol. The quantitative estimate of drug-likeness (QED) is 0.528. The molecule has 0 aliphatic carbocycles. The summed E-state index contributed by atoms with van der Waals surface area (Å²) in [5.41, 5.74) is 0.952. The number of carbonyl (C=O) groups is 1. The highest BCUT2D eigenvalue weighted by Gasteiger charge is 2.28. The van der Waals surface area contributed by atoms with Crippen molar-refractivity contribution in [1.29, 1.82) is 0 Å². The van der Waals surface area contributed by atoms with Gasteiger partial charge in [-0.2, -0.15) is 0 Å². The number of aliphatic hydroxyl groups excluding tert-OH is 1. The molecule has 7 nitrogen and oxygen atoms in total. The summed E-state index contributed by atoms with van der Waals surface area (Å²) in [7, 11) is 1.69. The zero-order valence-electron chi connectivity index (χ0n) is 17.0. The molecule has 29 heavy (non-hydrogen) atoms. The van der Waals surface area contributed by atoms with Crippen LogP contribution < -0.4 is 14.8 Å². The molecule has 1 saturated heterocycles. The molecule has 1 fully saturated rings. The Morgan fingerprint density at radius 1 is 1.41 bits per heavy atom. The molecule has 1 amide bonds. The fourth-order valence-corrected chi connectivity index (χ4v) is 3.76. The van der Waals surface area contributed by atoms with E-state index in [2.05, 4.69) is 16.1 Å². The van der Waals surface area contributed by atoms with Crippen LogP contribution in [0.25, 0.3) is 0 Å². The third kappa shape index (κ3) is 5.63. The van der Waals surface area contributed by atoms with Gasteiger partial charge in [-0.3, -0.25) is 4.79 Å². The molecule has 2 aliphatic rings. The number of ether oxygens (including phenoxy) is 3. The maximum Gasteiger partial charge on any atom is 0.255 e. The summed E-state index contributed by atoms with van der Waals surface area (Å²) in [6, 6.07) is 3.37. The molecule has 0 bridgehead atoms. The van der Waals surface area contributed by atoms with E-state index < -0.39 is 6.10 Å². The summed E-state index contributed by atoms with van der Waals surface area (Å²) in [5, 5.41) is 13.4. The number of aliphatic hydroxyl groups is 1. The predicted molar refractivity (Wildman–Crippen MR) is 109 cm³/mol. The molecule has 2 heterocycles. The minimum Gasteiger partial charge on any atom is -0.489 e. The Balaban J connectivity index is 1.59. The van der Waals surface area contributed by atoms with Crippen molar-refractivity contribution in [3.63, 3.8) is 0 Å². The van der Waals surface area contributed by atoms with Gasteiger partial charge in [-0.15, -0.1) is 6.42 Å². The Bertz CT molecular complexity index is 745. The number of fused-ring (bicyclic) bond motifs is 1. The van der Waals surface area contributed by atoms with Crippen LogP contribution in [-0.2, 0) is 4.74 Å². The molecule has 2 N–H and O–H groups in total. The van der Waals surface area contributed by atoms with Gasteiger partial charge in [-0.1, -0.05) is 5.92 Å². The van der Waals surface area contributed by atoms with Gasteiger partial charge in [0, 0.05) is 51.3 Å². The van der Waals surface area contributed by atoms with Gasteiger partial charge in [0.05, 0.1) is 24.9 Å². The number of nitrogens with zero attached hydrogens (tertiary/aromatic N) is 1. The van der Waals surface area contributed by atoms with Crippen molar-refractivity contribution in [2.75, 3.05) is 53.1 Å². The molecule has 0 spiro atoms. The lowest BCUT2D eigenvalue weighted by Gasteiger charge is -2.36. The molecule has 0 saturated carbocycles. The Kier molecular flexibility index (Phi) is 7.76. The van der Waals surface area contributed by atoms with E-state index in [4.69, 9.17) is 20.6 Å². The zero-order chi connectivity index (χ0) is 20.6. The summed E-state index contributed by atoms with van der Waals surface area (Å²) < 4.78 is 16.5. The van der Waals surface area contributed by atoms with Crippen molar-refractivity contribution in [2.45, 2.75) is 25.4 Å². The average Bonchev–Trinajstić information content (AvgIpc) is 2.97. The lowest BCUT2D eigenvalue weighted by atomic mass is 9.93. The summed E-state index contributed by atoms with van der Waals surface area (Å²) in [4.78, 5) is 15.1. The number of β-amino-alcohol motifs (C(OH)–C–C–N with tert-alkyl or cyclic N) is 1. The average molecular weight is 402 g/mol.